The number of carboxylic acids is 1. The molecular weight excluding hydrogens is 843 g/mol. The number of carbonyl (C=O) groups is 5. The Kier molecular flexibility index (Phi) is 24.2. The molecule has 0 bridgehead atoms. The van der Waals surface area contributed by atoms with Crippen molar-refractivity contribution in [2.24, 2.45) is 23.7 Å². The maximum Gasteiger partial charge on any atom is 0.326 e. The Labute approximate surface area is 386 Å². The van der Waals surface area contributed by atoms with Gasteiger partial charge in [0, 0.05) is 34.4 Å². The number of nitrogens with zero attached hydrogens (tertiary/aromatic N) is 3. The van der Waals surface area contributed by atoms with Crippen molar-refractivity contribution >= 4 is 29.6 Å². The van der Waals surface area contributed by atoms with Gasteiger partial charge < -0.3 is 60.2 Å². The van der Waals surface area contributed by atoms with E-state index >= 15 is 0 Å². The number of terminal acetylenes is 1. The first-order valence-electron chi connectivity index (χ1n) is 22.9. The number of amides is 4. The fourth-order valence-corrected chi connectivity index (χ4v) is 9.08. The molecule has 1 heterocycles. The number of hydrogen-bond acceptors (Lipinski definition) is 13. The third-order valence-corrected chi connectivity index (χ3v) is 13.0. The number of hydrogen-bond donors (Lipinski definition) is 7. The lowest BCUT2D eigenvalue weighted by atomic mass is 9.89. The van der Waals surface area contributed by atoms with Gasteiger partial charge in [-0.1, -0.05) is 85.1 Å². The summed E-state index contributed by atoms with van der Waals surface area (Å²) in [6.07, 6.45) is 7.80. The van der Waals surface area contributed by atoms with E-state index in [-0.39, 0.29) is 43.0 Å². The topological polar surface area (TPSA) is 248 Å². The molecule has 7 N–H and O–H groups in total. The molecule has 1 saturated heterocycles. The second-order valence-corrected chi connectivity index (χ2v) is 18.4. The largest absolute Gasteiger partial charge is 0.480 e. The summed E-state index contributed by atoms with van der Waals surface area (Å²) >= 11 is 0. The van der Waals surface area contributed by atoms with Crippen LogP contribution in [0.3, 0.4) is 0 Å². The molecule has 0 radical (unpaired) electrons. The van der Waals surface area contributed by atoms with Crippen molar-refractivity contribution in [2.45, 2.75) is 160 Å². The summed E-state index contributed by atoms with van der Waals surface area (Å²) < 4.78 is 16.5. The van der Waals surface area contributed by atoms with Gasteiger partial charge >= 0.3 is 5.97 Å². The van der Waals surface area contributed by atoms with E-state index in [0.29, 0.717) is 25.8 Å². The third-order valence-electron chi connectivity index (χ3n) is 13.0. The molecule has 1 aliphatic heterocycles. The molecule has 2 rings (SSSR count). The van der Waals surface area contributed by atoms with E-state index in [1.54, 1.807) is 53.6 Å². The predicted octanol–water partition coefficient (Wildman–Crippen LogP) is 1.29. The highest BCUT2D eigenvalue weighted by Gasteiger charge is 2.44. The van der Waals surface area contributed by atoms with Crippen LogP contribution in [0.1, 0.15) is 93.4 Å². The van der Waals surface area contributed by atoms with Gasteiger partial charge in [0.2, 0.25) is 23.6 Å². The monoisotopic (exact) mass is 922 g/mol. The zero-order chi connectivity index (χ0) is 49.3. The van der Waals surface area contributed by atoms with Crippen molar-refractivity contribution in [3.05, 3.63) is 23.8 Å². The smallest absolute Gasteiger partial charge is 0.326 e. The average molecular weight is 922 g/mol. The number of nitrogens with one attached hydrogen (secondary N) is 2. The van der Waals surface area contributed by atoms with Crippen LogP contribution in [0.2, 0.25) is 0 Å². The van der Waals surface area contributed by atoms with Gasteiger partial charge in [0.25, 0.3) is 0 Å². The first-order valence-corrected chi connectivity index (χ1v) is 22.9. The first kappa shape index (κ1) is 57.0. The number of carbonyl (C=O) groups excluding carboxylic acids is 4. The maximum absolute atomic E-state index is 14.5. The summed E-state index contributed by atoms with van der Waals surface area (Å²) in [7, 11) is 6.14. The van der Waals surface area contributed by atoms with Crippen molar-refractivity contribution in [2.75, 3.05) is 48.0 Å². The number of likely N-dealkylation sites (tertiary alicyclic amines) is 1. The van der Waals surface area contributed by atoms with Crippen molar-refractivity contribution in [1.29, 1.82) is 0 Å². The Hall–Kier alpha value is -4.09. The van der Waals surface area contributed by atoms with E-state index in [0.717, 1.165) is 18.4 Å². The Balaban J connectivity index is 2.27. The van der Waals surface area contributed by atoms with Gasteiger partial charge in [-0.05, 0) is 56.9 Å². The van der Waals surface area contributed by atoms with E-state index in [1.165, 1.54) is 24.0 Å². The fraction of sp³-hybridized carbons (Fsp3) is 0.766. The summed E-state index contributed by atoms with van der Waals surface area (Å²) in [6, 6.07) is -4.12. The Morgan fingerprint density at radius 1 is 0.938 bits per heavy atom. The molecule has 0 aromatic rings. The molecule has 1 aliphatic carbocycles. The van der Waals surface area contributed by atoms with Crippen LogP contribution in [0.15, 0.2) is 23.8 Å². The Morgan fingerprint density at radius 3 is 2.11 bits per heavy atom. The number of aliphatic hydroxyl groups is 4. The zero-order valence-corrected chi connectivity index (χ0v) is 40.4. The van der Waals surface area contributed by atoms with Crippen LogP contribution in [-0.4, -0.2) is 185 Å². The summed E-state index contributed by atoms with van der Waals surface area (Å²) in [5.41, 5.74) is 0.934. The van der Waals surface area contributed by atoms with Gasteiger partial charge in [0.1, 0.15) is 43.1 Å². The van der Waals surface area contributed by atoms with Gasteiger partial charge in [-0.15, -0.1) is 0 Å². The molecule has 18 nitrogen and oxygen atoms in total. The van der Waals surface area contributed by atoms with Gasteiger partial charge in [-0.3, -0.25) is 24.1 Å². The van der Waals surface area contributed by atoms with E-state index in [2.05, 4.69) is 15.4 Å². The molecule has 18 heteroatoms. The Bertz CT molecular complexity index is 1650. The quantitative estimate of drug-likeness (QED) is 0.0547. The van der Waals surface area contributed by atoms with Crippen LogP contribution < -0.4 is 10.6 Å². The Morgan fingerprint density at radius 2 is 1.58 bits per heavy atom. The highest BCUT2D eigenvalue weighted by atomic mass is 16.5. The lowest BCUT2D eigenvalue weighted by Crippen LogP contribution is -2.60. The molecule has 1 fully saturated rings. The molecule has 13 atom stereocenters. The number of methoxy groups -OCH3 is 2. The van der Waals surface area contributed by atoms with E-state index in [9.17, 15) is 49.5 Å². The zero-order valence-electron chi connectivity index (χ0n) is 40.4. The second kappa shape index (κ2) is 27.5. The highest BCUT2D eigenvalue weighted by molar-refractivity contribution is 5.90. The van der Waals surface area contributed by atoms with Crippen molar-refractivity contribution < 1.29 is 63.7 Å². The van der Waals surface area contributed by atoms with Gasteiger partial charge in [0.05, 0.1) is 48.8 Å². The predicted molar refractivity (Wildman–Crippen MR) is 244 cm³/mol. The van der Waals surface area contributed by atoms with Crippen molar-refractivity contribution in [3.63, 3.8) is 0 Å². The van der Waals surface area contributed by atoms with Gasteiger partial charge in [-0.25, -0.2) is 4.79 Å². The van der Waals surface area contributed by atoms with Gasteiger partial charge in [0.15, 0.2) is 0 Å². The minimum absolute atomic E-state index is 0.100. The number of aliphatic hydroxyl groups excluding tert-OH is 4. The fourth-order valence-electron chi connectivity index (χ4n) is 9.08. The van der Waals surface area contributed by atoms with E-state index in [4.69, 9.17) is 15.9 Å². The van der Waals surface area contributed by atoms with Crippen molar-refractivity contribution in [1.82, 2.24) is 25.3 Å². The number of ether oxygens (including phenoxy) is 3. The summed E-state index contributed by atoms with van der Waals surface area (Å²) in [5.74, 6) is -4.48. The van der Waals surface area contributed by atoms with E-state index in [1.807, 2.05) is 38.2 Å². The molecule has 13 unspecified atom stereocenters. The number of allylic oxidation sites excluding steroid dienone is 3. The van der Waals surface area contributed by atoms with Crippen LogP contribution in [-0.2, 0) is 38.2 Å². The molecule has 0 aromatic heterocycles. The van der Waals surface area contributed by atoms with Crippen LogP contribution in [0.4, 0.5) is 0 Å². The van der Waals surface area contributed by atoms with Crippen LogP contribution >= 0.6 is 0 Å². The minimum atomic E-state index is -1.81. The minimum Gasteiger partial charge on any atom is -0.480 e. The lowest BCUT2D eigenvalue weighted by Gasteiger charge is -2.41. The summed E-state index contributed by atoms with van der Waals surface area (Å²) in [6.45, 7) is 12.4. The number of aliphatic carboxylic acids is 1. The highest BCUT2D eigenvalue weighted by Crippen LogP contribution is 2.30. The summed E-state index contributed by atoms with van der Waals surface area (Å²) in [4.78, 5) is 73.4. The van der Waals surface area contributed by atoms with E-state index < -0.39 is 103 Å². The first-order chi connectivity index (χ1) is 30.6. The molecule has 65 heavy (non-hydrogen) atoms. The third kappa shape index (κ3) is 16.0. The molecule has 0 spiro atoms. The molecular formula is C47H79N5O13. The maximum atomic E-state index is 14.5. The molecule has 2 aliphatic rings. The lowest BCUT2D eigenvalue weighted by molar-refractivity contribution is -0.148. The number of rotatable bonds is 28. The van der Waals surface area contributed by atoms with Crippen LogP contribution in [0.5, 0.6) is 0 Å². The molecule has 370 valence electrons. The molecule has 0 saturated carbocycles. The van der Waals surface area contributed by atoms with Crippen LogP contribution in [0.25, 0.3) is 0 Å². The summed E-state index contributed by atoms with van der Waals surface area (Å²) in [5, 5.41) is 57.4. The molecule has 0 aromatic carbocycles. The number of carboxylic acid groups (broad SMARTS) is 1. The standard InChI is InChI=1S/C47H79N5O13/c1-13-29(7)40(51(10)46(60)38(27(3)4)49-45(59)39(28(5)6)50(9)25-34(53)41(56)42(57)35(54)26-65-14-2)36(63-11)24-37(55)52-22-18-21-33(52)43(64-12)30(8)44(58)48-32(47(61)62)23-31-19-16-15-17-20-31/h2,15-16,19,27-30,32-36,38-43,53-54,56-57H,13,17-18,20-26H2,1,3-12H3,(H,48,58)(H,49,59)(H,61,62). The molecule has 4 amide bonds. The average Bonchev–Trinajstić information content (AvgIpc) is 3.75. The number of likely N-dealkylation sites (N-methyl/N-ethyl adjacent to an activating group) is 2. The van der Waals surface area contributed by atoms with Crippen LogP contribution in [0, 0.1) is 36.2 Å². The van der Waals surface area contributed by atoms with Crippen molar-refractivity contribution in [3.8, 4) is 12.5 Å². The van der Waals surface area contributed by atoms with Gasteiger partial charge in [-0.2, -0.15) is 0 Å². The second-order valence-electron chi connectivity index (χ2n) is 18.4. The SMILES string of the molecule is C#COCC(O)C(O)C(O)C(O)CN(C)C(C(=O)NC(C(=O)N(C)C(C(C)CC)C(CC(=O)N1CCCC1C(OC)C(C)C(=O)NC(CC1=CC=CCC1)C(=O)O)OC)C(C)C)C(C)C. The normalized spacial score (nSPS) is 20.8.